The number of primary amides is 1. The molecule has 2 aromatic rings. The first-order valence-electron chi connectivity index (χ1n) is 6.39. The van der Waals surface area contributed by atoms with Gasteiger partial charge in [0.25, 0.3) is 0 Å². The lowest BCUT2D eigenvalue weighted by atomic mass is 9.88. The van der Waals surface area contributed by atoms with E-state index in [-0.39, 0.29) is 6.42 Å². The van der Waals surface area contributed by atoms with Gasteiger partial charge >= 0.3 is 5.97 Å². The van der Waals surface area contributed by atoms with Crippen LogP contribution in [0.5, 0.6) is 0 Å². The summed E-state index contributed by atoms with van der Waals surface area (Å²) in [6.45, 7) is 0. The molecule has 7 N–H and O–H groups in total. The molecule has 21 heavy (non-hydrogen) atoms. The number of para-hydroxylation sites is 1. The van der Waals surface area contributed by atoms with Crippen molar-refractivity contribution in [2.75, 3.05) is 0 Å². The van der Waals surface area contributed by atoms with Gasteiger partial charge in [-0.3, -0.25) is 4.79 Å². The minimum atomic E-state index is -2.15. The molecular formula is C14H17N3O4. The van der Waals surface area contributed by atoms with E-state index in [4.69, 9.17) is 11.5 Å². The second-order valence-electron chi connectivity index (χ2n) is 5.09. The first-order chi connectivity index (χ1) is 9.83. The van der Waals surface area contributed by atoms with Crippen LogP contribution >= 0.6 is 0 Å². The minimum Gasteiger partial charge on any atom is -0.479 e. The number of H-pyrrole nitrogens is 1. The molecule has 0 aliphatic heterocycles. The molecule has 2 atom stereocenters. The van der Waals surface area contributed by atoms with Crippen molar-refractivity contribution in [1.82, 2.24) is 4.98 Å². The molecular weight excluding hydrogens is 274 g/mol. The number of nitrogens with two attached hydrogens (primary N) is 2. The van der Waals surface area contributed by atoms with Crippen LogP contribution in [0.1, 0.15) is 12.0 Å². The lowest BCUT2D eigenvalue weighted by Gasteiger charge is -2.25. The maximum absolute atomic E-state index is 11.4. The molecule has 1 heterocycles. The molecule has 0 unspecified atom stereocenters. The average molecular weight is 291 g/mol. The van der Waals surface area contributed by atoms with E-state index in [1.54, 1.807) is 6.20 Å². The van der Waals surface area contributed by atoms with E-state index in [2.05, 4.69) is 4.98 Å². The number of rotatable bonds is 6. The standard InChI is InChI=1S/C14H17N3O4/c15-10(12(16)18)6-14(21,13(19)20)5-8-7-17-11-4-2-1-3-9(8)11/h1-4,7,10,17,21H,5-6,15H2,(H2,16,18)(H,19,20)/t10-,14+/m1/s1. The predicted octanol–water partition coefficient (Wildman–Crippen LogP) is -0.271. The molecule has 0 aliphatic carbocycles. The number of aromatic amines is 1. The second kappa shape index (κ2) is 5.55. The summed E-state index contributed by atoms with van der Waals surface area (Å²) in [6.07, 6.45) is 1.01. The van der Waals surface area contributed by atoms with E-state index in [1.165, 1.54) is 0 Å². The van der Waals surface area contributed by atoms with Gasteiger partial charge in [-0.1, -0.05) is 18.2 Å². The zero-order valence-corrected chi connectivity index (χ0v) is 11.2. The van der Waals surface area contributed by atoms with Gasteiger partial charge in [-0.2, -0.15) is 0 Å². The van der Waals surface area contributed by atoms with Crippen LogP contribution in [0.15, 0.2) is 30.5 Å². The highest BCUT2D eigenvalue weighted by molar-refractivity contribution is 5.86. The number of amides is 1. The fraction of sp³-hybridized carbons (Fsp3) is 0.286. The lowest BCUT2D eigenvalue weighted by molar-refractivity contribution is -0.159. The van der Waals surface area contributed by atoms with Crippen LogP contribution in [0.3, 0.4) is 0 Å². The highest BCUT2D eigenvalue weighted by Crippen LogP contribution is 2.25. The van der Waals surface area contributed by atoms with Crippen LogP contribution in [-0.4, -0.2) is 38.7 Å². The molecule has 2 rings (SSSR count). The van der Waals surface area contributed by atoms with Crippen LogP contribution in [0.2, 0.25) is 0 Å². The summed E-state index contributed by atoms with van der Waals surface area (Å²) in [5.41, 5.74) is 9.82. The van der Waals surface area contributed by atoms with E-state index in [9.17, 15) is 19.8 Å². The van der Waals surface area contributed by atoms with Gasteiger partial charge in [-0.15, -0.1) is 0 Å². The number of aliphatic carboxylic acids is 1. The third kappa shape index (κ3) is 3.04. The van der Waals surface area contributed by atoms with Crippen LogP contribution < -0.4 is 11.5 Å². The van der Waals surface area contributed by atoms with E-state index in [1.807, 2.05) is 24.3 Å². The normalized spacial score (nSPS) is 15.5. The number of carbonyl (C=O) groups is 2. The van der Waals surface area contributed by atoms with Crippen LogP contribution in [-0.2, 0) is 16.0 Å². The summed E-state index contributed by atoms with van der Waals surface area (Å²) in [4.78, 5) is 25.4. The molecule has 112 valence electrons. The fourth-order valence-corrected chi connectivity index (χ4v) is 2.29. The number of aromatic nitrogens is 1. The van der Waals surface area contributed by atoms with Gasteiger partial charge in [0, 0.05) is 29.9 Å². The summed E-state index contributed by atoms with van der Waals surface area (Å²) < 4.78 is 0. The lowest BCUT2D eigenvalue weighted by Crippen LogP contribution is -2.49. The van der Waals surface area contributed by atoms with Gasteiger partial charge in [-0.25, -0.2) is 4.79 Å². The number of benzene rings is 1. The smallest absolute Gasteiger partial charge is 0.336 e. The summed E-state index contributed by atoms with van der Waals surface area (Å²) >= 11 is 0. The highest BCUT2D eigenvalue weighted by Gasteiger charge is 2.39. The summed E-state index contributed by atoms with van der Waals surface area (Å²) in [6, 6.07) is 6.09. The third-order valence-corrected chi connectivity index (χ3v) is 3.48. The average Bonchev–Trinajstić information content (AvgIpc) is 2.81. The Kier molecular flexibility index (Phi) is 3.97. The highest BCUT2D eigenvalue weighted by atomic mass is 16.4. The van der Waals surface area contributed by atoms with E-state index in [0.29, 0.717) is 5.56 Å². The fourth-order valence-electron chi connectivity index (χ4n) is 2.29. The van der Waals surface area contributed by atoms with Gasteiger partial charge in [0.1, 0.15) is 0 Å². The number of hydrogen-bond donors (Lipinski definition) is 5. The first-order valence-corrected chi connectivity index (χ1v) is 6.39. The van der Waals surface area contributed by atoms with Crippen molar-refractivity contribution in [1.29, 1.82) is 0 Å². The number of aliphatic hydroxyl groups is 1. The summed E-state index contributed by atoms with van der Waals surface area (Å²) in [7, 11) is 0. The van der Waals surface area contributed by atoms with Crippen molar-refractivity contribution in [3.05, 3.63) is 36.0 Å². The van der Waals surface area contributed by atoms with Gasteiger partial charge in [-0.05, 0) is 11.6 Å². The molecule has 0 bridgehead atoms. The largest absolute Gasteiger partial charge is 0.479 e. The topological polar surface area (TPSA) is 142 Å². The SMILES string of the molecule is NC(=O)[C@H](N)C[C@@](O)(Cc1c[nH]c2ccccc12)C(=O)O. The number of carboxylic acids is 1. The number of hydrogen-bond acceptors (Lipinski definition) is 4. The van der Waals surface area contributed by atoms with Gasteiger partial charge in [0.15, 0.2) is 5.60 Å². The van der Waals surface area contributed by atoms with Crippen LogP contribution in [0, 0.1) is 0 Å². The number of fused-ring (bicyclic) bond motifs is 1. The molecule has 1 amide bonds. The van der Waals surface area contributed by atoms with Crippen molar-refractivity contribution >= 4 is 22.8 Å². The minimum absolute atomic E-state index is 0.173. The molecule has 0 spiro atoms. The molecule has 1 aromatic heterocycles. The monoisotopic (exact) mass is 291 g/mol. The van der Waals surface area contributed by atoms with Crippen molar-refractivity contribution < 1.29 is 19.8 Å². The molecule has 7 heteroatoms. The van der Waals surface area contributed by atoms with Gasteiger partial charge in [0.2, 0.25) is 5.91 Å². The second-order valence-corrected chi connectivity index (χ2v) is 5.09. The van der Waals surface area contributed by atoms with Crippen molar-refractivity contribution in [2.45, 2.75) is 24.5 Å². The molecule has 0 saturated carbocycles. The Morgan fingerprint density at radius 3 is 2.62 bits per heavy atom. The van der Waals surface area contributed by atoms with Crippen LogP contribution in [0.25, 0.3) is 10.9 Å². The quantitative estimate of drug-likeness (QED) is 0.498. The molecule has 0 radical (unpaired) electrons. The number of carbonyl (C=O) groups excluding carboxylic acids is 1. The third-order valence-electron chi connectivity index (χ3n) is 3.48. The molecule has 0 aliphatic rings. The summed E-state index contributed by atoms with van der Waals surface area (Å²) in [5, 5.41) is 20.4. The maximum atomic E-state index is 11.4. The van der Waals surface area contributed by atoms with E-state index >= 15 is 0 Å². The maximum Gasteiger partial charge on any atom is 0.336 e. The Morgan fingerprint density at radius 1 is 1.33 bits per heavy atom. The first kappa shape index (κ1) is 15.0. The van der Waals surface area contributed by atoms with Gasteiger partial charge in [0.05, 0.1) is 6.04 Å². The number of nitrogens with one attached hydrogen (secondary N) is 1. The van der Waals surface area contributed by atoms with Crippen LogP contribution in [0.4, 0.5) is 0 Å². The molecule has 1 aromatic carbocycles. The Hall–Kier alpha value is -2.38. The van der Waals surface area contributed by atoms with Crippen molar-refractivity contribution in [3.63, 3.8) is 0 Å². The van der Waals surface area contributed by atoms with E-state index in [0.717, 1.165) is 10.9 Å². The Labute approximate surface area is 120 Å². The Bertz CT molecular complexity index is 682. The molecule has 0 fully saturated rings. The predicted molar refractivity (Wildman–Crippen MR) is 76.4 cm³/mol. The molecule has 7 nitrogen and oxygen atoms in total. The van der Waals surface area contributed by atoms with Crippen molar-refractivity contribution in [2.24, 2.45) is 11.5 Å². The van der Waals surface area contributed by atoms with Crippen molar-refractivity contribution in [3.8, 4) is 0 Å². The molecule has 0 saturated heterocycles. The van der Waals surface area contributed by atoms with Gasteiger partial charge < -0.3 is 26.7 Å². The summed E-state index contributed by atoms with van der Waals surface area (Å²) in [5.74, 6) is -2.29. The Morgan fingerprint density at radius 2 is 2.00 bits per heavy atom. The number of carboxylic acid groups (broad SMARTS) is 1. The zero-order chi connectivity index (χ0) is 15.6. The zero-order valence-electron chi connectivity index (χ0n) is 11.2. The Balaban J connectivity index is 2.31. The van der Waals surface area contributed by atoms with E-state index < -0.39 is 29.9 Å².